The van der Waals surface area contributed by atoms with E-state index in [9.17, 15) is 0 Å². The van der Waals surface area contributed by atoms with E-state index in [-0.39, 0.29) is 5.41 Å². The Labute approximate surface area is 123 Å². The molecule has 0 radical (unpaired) electrons. The van der Waals surface area contributed by atoms with Crippen molar-refractivity contribution >= 4 is 11.4 Å². The summed E-state index contributed by atoms with van der Waals surface area (Å²) in [6.45, 7) is 11.7. The number of nitrogens with one attached hydrogen (secondary N) is 1. The standard InChI is InChI=1S/C17H27N3/c1-5-20(6-2)16-10-8-15(9-11-16)19-14-17(3,4)12-7-13-18/h8-11,19H,5-7,12,14H2,1-4H3. The topological polar surface area (TPSA) is 39.1 Å². The predicted molar refractivity (Wildman–Crippen MR) is 87.1 cm³/mol. The lowest BCUT2D eigenvalue weighted by molar-refractivity contribution is 0.364. The van der Waals surface area contributed by atoms with E-state index in [1.165, 1.54) is 5.69 Å². The molecule has 0 unspecified atom stereocenters. The summed E-state index contributed by atoms with van der Waals surface area (Å²) in [7, 11) is 0. The molecule has 20 heavy (non-hydrogen) atoms. The van der Waals surface area contributed by atoms with Crippen molar-refractivity contribution in [3.8, 4) is 6.07 Å². The van der Waals surface area contributed by atoms with Crippen LogP contribution in [0.15, 0.2) is 24.3 Å². The molecule has 0 atom stereocenters. The summed E-state index contributed by atoms with van der Waals surface area (Å²) in [4.78, 5) is 2.33. The molecule has 1 aromatic rings. The van der Waals surface area contributed by atoms with Gasteiger partial charge < -0.3 is 10.2 Å². The van der Waals surface area contributed by atoms with E-state index in [0.717, 1.165) is 31.7 Å². The lowest BCUT2D eigenvalue weighted by atomic mass is 9.88. The van der Waals surface area contributed by atoms with Crippen molar-refractivity contribution in [1.82, 2.24) is 0 Å². The molecule has 0 saturated heterocycles. The van der Waals surface area contributed by atoms with Gasteiger partial charge in [0.15, 0.2) is 0 Å². The van der Waals surface area contributed by atoms with Gasteiger partial charge in [-0.25, -0.2) is 0 Å². The van der Waals surface area contributed by atoms with Crippen LogP contribution in [0.1, 0.15) is 40.5 Å². The Hall–Kier alpha value is -1.69. The van der Waals surface area contributed by atoms with Gasteiger partial charge in [0, 0.05) is 37.4 Å². The summed E-state index contributed by atoms with van der Waals surface area (Å²) in [5.41, 5.74) is 2.56. The van der Waals surface area contributed by atoms with Crippen LogP contribution in [0, 0.1) is 16.7 Å². The molecule has 1 aromatic carbocycles. The number of anilines is 2. The van der Waals surface area contributed by atoms with E-state index in [1.807, 2.05) is 0 Å². The Morgan fingerprint density at radius 3 is 2.25 bits per heavy atom. The van der Waals surface area contributed by atoms with Crippen molar-refractivity contribution in [3.05, 3.63) is 24.3 Å². The molecule has 3 nitrogen and oxygen atoms in total. The average molecular weight is 273 g/mol. The fourth-order valence-electron chi connectivity index (χ4n) is 2.20. The zero-order chi connectivity index (χ0) is 15.0. The third-order valence-electron chi connectivity index (χ3n) is 3.68. The molecule has 0 fully saturated rings. The molecule has 0 aliphatic rings. The maximum atomic E-state index is 8.67. The van der Waals surface area contributed by atoms with E-state index in [1.54, 1.807) is 0 Å². The Morgan fingerprint density at radius 2 is 1.75 bits per heavy atom. The molecule has 0 spiro atoms. The highest BCUT2D eigenvalue weighted by atomic mass is 15.1. The van der Waals surface area contributed by atoms with Crippen LogP contribution in [0.5, 0.6) is 0 Å². The Kier molecular flexibility index (Phi) is 6.38. The lowest BCUT2D eigenvalue weighted by Crippen LogP contribution is -2.23. The first-order chi connectivity index (χ1) is 9.52. The van der Waals surface area contributed by atoms with E-state index in [4.69, 9.17) is 5.26 Å². The first-order valence-electron chi connectivity index (χ1n) is 7.48. The SMILES string of the molecule is CCN(CC)c1ccc(NCC(C)(C)CCC#N)cc1. The highest BCUT2D eigenvalue weighted by Gasteiger charge is 2.16. The van der Waals surface area contributed by atoms with Crippen molar-refractivity contribution in [3.63, 3.8) is 0 Å². The van der Waals surface area contributed by atoms with Crippen LogP contribution in [0.3, 0.4) is 0 Å². The van der Waals surface area contributed by atoms with Crippen molar-refractivity contribution in [2.45, 2.75) is 40.5 Å². The van der Waals surface area contributed by atoms with E-state index < -0.39 is 0 Å². The lowest BCUT2D eigenvalue weighted by Gasteiger charge is -2.25. The normalized spacial score (nSPS) is 10.9. The molecule has 0 saturated carbocycles. The molecular formula is C17H27N3. The number of hydrogen-bond acceptors (Lipinski definition) is 3. The summed E-state index contributed by atoms with van der Waals surface area (Å²) in [6, 6.07) is 10.8. The highest BCUT2D eigenvalue weighted by Crippen LogP contribution is 2.24. The van der Waals surface area contributed by atoms with Gasteiger partial charge in [-0.2, -0.15) is 5.26 Å². The second-order valence-electron chi connectivity index (χ2n) is 5.90. The molecule has 0 aliphatic carbocycles. The van der Waals surface area contributed by atoms with Gasteiger partial charge in [0.2, 0.25) is 0 Å². The van der Waals surface area contributed by atoms with Crippen molar-refractivity contribution < 1.29 is 0 Å². The van der Waals surface area contributed by atoms with Gasteiger partial charge in [0.25, 0.3) is 0 Å². The summed E-state index contributed by atoms with van der Waals surface area (Å²) in [6.07, 6.45) is 1.55. The van der Waals surface area contributed by atoms with Gasteiger partial charge in [-0.3, -0.25) is 0 Å². The zero-order valence-electron chi connectivity index (χ0n) is 13.2. The van der Waals surface area contributed by atoms with Gasteiger partial charge in [-0.15, -0.1) is 0 Å². The minimum absolute atomic E-state index is 0.146. The summed E-state index contributed by atoms with van der Waals surface area (Å²) in [5.74, 6) is 0. The van der Waals surface area contributed by atoms with Crippen LogP contribution in [0.2, 0.25) is 0 Å². The molecule has 0 aliphatic heterocycles. The average Bonchev–Trinajstić information content (AvgIpc) is 2.46. The molecule has 0 bridgehead atoms. The Balaban J connectivity index is 2.56. The molecule has 0 aromatic heterocycles. The van der Waals surface area contributed by atoms with Gasteiger partial charge in [0.05, 0.1) is 6.07 Å². The summed E-state index contributed by atoms with van der Waals surface area (Å²) >= 11 is 0. The minimum atomic E-state index is 0.146. The van der Waals surface area contributed by atoms with Crippen LogP contribution < -0.4 is 10.2 Å². The van der Waals surface area contributed by atoms with Gasteiger partial charge in [-0.1, -0.05) is 13.8 Å². The maximum absolute atomic E-state index is 8.67. The third kappa shape index (κ3) is 5.13. The van der Waals surface area contributed by atoms with Crippen molar-refractivity contribution in [2.24, 2.45) is 5.41 Å². The van der Waals surface area contributed by atoms with Crippen LogP contribution in [0.25, 0.3) is 0 Å². The monoisotopic (exact) mass is 273 g/mol. The van der Waals surface area contributed by atoms with Crippen molar-refractivity contribution in [2.75, 3.05) is 29.9 Å². The van der Waals surface area contributed by atoms with Gasteiger partial charge >= 0.3 is 0 Å². The number of hydrogen-bond donors (Lipinski definition) is 1. The van der Waals surface area contributed by atoms with E-state index in [0.29, 0.717) is 6.42 Å². The molecule has 0 heterocycles. The van der Waals surface area contributed by atoms with E-state index in [2.05, 4.69) is 68.2 Å². The second kappa shape index (κ2) is 7.79. The van der Waals surface area contributed by atoms with Crippen LogP contribution in [-0.4, -0.2) is 19.6 Å². The number of benzene rings is 1. The number of nitrogens with zero attached hydrogens (tertiary/aromatic N) is 2. The quantitative estimate of drug-likeness (QED) is 0.768. The molecular weight excluding hydrogens is 246 g/mol. The second-order valence-corrected chi connectivity index (χ2v) is 5.90. The minimum Gasteiger partial charge on any atom is -0.385 e. The van der Waals surface area contributed by atoms with Crippen LogP contribution in [-0.2, 0) is 0 Å². The molecule has 1 rings (SSSR count). The Bertz CT molecular complexity index is 425. The fraction of sp³-hybridized carbons (Fsp3) is 0.588. The molecule has 110 valence electrons. The molecule has 0 amide bonds. The largest absolute Gasteiger partial charge is 0.385 e. The molecule has 3 heteroatoms. The first-order valence-corrected chi connectivity index (χ1v) is 7.48. The van der Waals surface area contributed by atoms with Crippen LogP contribution >= 0.6 is 0 Å². The maximum Gasteiger partial charge on any atom is 0.0621 e. The van der Waals surface area contributed by atoms with Crippen LogP contribution in [0.4, 0.5) is 11.4 Å². The van der Waals surface area contributed by atoms with E-state index >= 15 is 0 Å². The highest BCUT2D eigenvalue weighted by molar-refractivity contribution is 5.55. The fourth-order valence-corrected chi connectivity index (χ4v) is 2.20. The van der Waals surface area contributed by atoms with Gasteiger partial charge in [0.1, 0.15) is 0 Å². The smallest absolute Gasteiger partial charge is 0.0621 e. The summed E-state index contributed by atoms with van der Waals surface area (Å²) < 4.78 is 0. The molecule has 1 N–H and O–H groups in total. The number of rotatable bonds is 8. The first kappa shape index (κ1) is 16.4. The zero-order valence-corrected chi connectivity index (χ0v) is 13.2. The Morgan fingerprint density at radius 1 is 1.15 bits per heavy atom. The summed E-state index contributed by atoms with van der Waals surface area (Å²) in [5, 5.41) is 12.1. The van der Waals surface area contributed by atoms with Gasteiger partial charge in [-0.05, 0) is 49.9 Å². The third-order valence-corrected chi connectivity index (χ3v) is 3.68. The predicted octanol–water partition coefficient (Wildman–Crippen LogP) is 4.27. The van der Waals surface area contributed by atoms with Crippen molar-refractivity contribution in [1.29, 1.82) is 5.26 Å². The number of nitriles is 1.